The van der Waals surface area contributed by atoms with Crippen LogP contribution in [0.25, 0.3) is 0 Å². The molecule has 0 saturated carbocycles. The number of amides is 1. The summed E-state index contributed by atoms with van der Waals surface area (Å²) in [5, 5.41) is 2.84. The van der Waals surface area contributed by atoms with E-state index in [1.807, 2.05) is 0 Å². The number of nitrogens with one attached hydrogen (secondary N) is 1. The summed E-state index contributed by atoms with van der Waals surface area (Å²) in [5.41, 5.74) is 5.23. The van der Waals surface area contributed by atoms with Crippen LogP contribution in [0.15, 0.2) is 0 Å². The molecule has 0 aromatic carbocycles. The Morgan fingerprint density at radius 3 is 2.83 bits per heavy atom. The van der Waals surface area contributed by atoms with Crippen molar-refractivity contribution in [1.82, 2.24) is 5.32 Å². The predicted molar refractivity (Wildman–Crippen MR) is 54.2 cm³/mol. The van der Waals surface area contributed by atoms with Crippen LogP contribution in [0.1, 0.15) is 13.3 Å². The summed E-state index contributed by atoms with van der Waals surface area (Å²) in [7, 11) is 0. The standard InChI is InChI=1S/C8H18N2OS/c1-7(6-12-2)5-10-8(11)3-4-9/h7H,3-6,9H2,1-2H3,(H,10,11). The lowest BCUT2D eigenvalue weighted by Gasteiger charge is -2.10. The van der Waals surface area contributed by atoms with Crippen LogP contribution >= 0.6 is 11.8 Å². The second kappa shape index (κ2) is 7.43. The average molecular weight is 190 g/mol. The molecule has 3 N–H and O–H groups in total. The van der Waals surface area contributed by atoms with E-state index < -0.39 is 0 Å². The Morgan fingerprint density at radius 2 is 2.33 bits per heavy atom. The molecule has 1 atom stereocenters. The van der Waals surface area contributed by atoms with Crippen molar-refractivity contribution in [3.8, 4) is 0 Å². The molecule has 1 amide bonds. The molecule has 72 valence electrons. The molecule has 0 aromatic heterocycles. The lowest BCUT2D eigenvalue weighted by molar-refractivity contribution is -0.121. The van der Waals surface area contributed by atoms with Crippen LogP contribution in [0.3, 0.4) is 0 Å². The first-order valence-corrected chi connectivity index (χ1v) is 5.55. The Hall–Kier alpha value is -0.220. The SMILES string of the molecule is CSCC(C)CNC(=O)CCN. The van der Waals surface area contributed by atoms with Crippen LogP contribution in [0.5, 0.6) is 0 Å². The Kier molecular flexibility index (Phi) is 7.29. The molecule has 0 fully saturated rings. The molecule has 0 heterocycles. The quantitative estimate of drug-likeness (QED) is 0.639. The van der Waals surface area contributed by atoms with Gasteiger partial charge in [0.05, 0.1) is 0 Å². The van der Waals surface area contributed by atoms with Crippen molar-refractivity contribution in [2.24, 2.45) is 11.7 Å². The Labute approximate surface area is 78.5 Å². The molecule has 3 nitrogen and oxygen atoms in total. The van der Waals surface area contributed by atoms with Gasteiger partial charge < -0.3 is 11.1 Å². The van der Waals surface area contributed by atoms with Gasteiger partial charge in [-0.2, -0.15) is 11.8 Å². The smallest absolute Gasteiger partial charge is 0.221 e. The van der Waals surface area contributed by atoms with Gasteiger partial charge in [-0.3, -0.25) is 4.79 Å². The van der Waals surface area contributed by atoms with Gasteiger partial charge >= 0.3 is 0 Å². The topological polar surface area (TPSA) is 55.1 Å². The maximum Gasteiger partial charge on any atom is 0.221 e. The molecular weight excluding hydrogens is 172 g/mol. The number of hydrogen-bond donors (Lipinski definition) is 2. The lowest BCUT2D eigenvalue weighted by Crippen LogP contribution is -2.30. The van der Waals surface area contributed by atoms with E-state index in [-0.39, 0.29) is 5.91 Å². The number of nitrogens with two attached hydrogens (primary N) is 1. The van der Waals surface area contributed by atoms with Gasteiger partial charge in [0.15, 0.2) is 0 Å². The summed E-state index contributed by atoms with van der Waals surface area (Å²) in [6.07, 6.45) is 2.50. The molecule has 0 rings (SSSR count). The molecule has 0 aromatic rings. The number of hydrogen-bond acceptors (Lipinski definition) is 3. The molecule has 1 unspecified atom stereocenters. The number of rotatable bonds is 6. The van der Waals surface area contributed by atoms with Gasteiger partial charge in [-0.1, -0.05) is 6.92 Å². The molecular formula is C8H18N2OS. The van der Waals surface area contributed by atoms with Crippen LogP contribution < -0.4 is 11.1 Å². The minimum atomic E-state index is 0.0606. The highest BCUT2D eigenvalue weighted by Crippen LogP contribution is 2.02. The van der Waals surface area contributed by atoms with Gasteiger partial charge in [0, 0.05) is 19.5 Å². The highest BCUT2D eigenvalue weighted by Gasteiger charge is 2.03. The van der Waals surface area contributed by atoms with Gasteiger partial charge in [0.1, 0.15) is 0 Å². The van der Waals surface area contributed by atoms with Crippen molar-refractivity contribution >= 4 is 17.7 Å². The minimum Gasteiger partial charge on any atom is -0.356 e. The van der Waals surface area contributed by atoms with Crippen molar-refractivity contribution in [2.75, 3.05) is 25.1 Å². The Balaban J connectivity index is 3.33. The van der Waals surface area contributed by atoms with Gasteiger partial charge in [0.2, 0.25) is 5.91 Å². The number of carbonyl (C=O) groups is 1. The summed E-state index contributed by atoms with van der Waals surface area (Å²) in [5.74, 6) is 1.69. The zero-order valence-corrected chi connectivity index (χ0v) is 8.62. The molecule has 4 heteroatoms. The van der Waals surface area contributed by atoms with E-state index in [1.54, 1.807) is 11.8 Å². The molecule has 0 aliphatic carbocycles. The number of thioether (sulfide) groups is 1. The zero-order chi connectivity index (χ0) is 9.40. The van der Waals surface area contributed by atoms with Crippen molar-refractivity contribution in [1.29, 1.82) is 0 Å². The second-order valence-corrected chi connectivity index (χ2v) is 3.81. The summed E-state index contributed by atoms with van der Waals surface area (Å²) in [6, 6.07) is 0. The maximum atomic E-state index is 11.0. The largest absolute Gasteiger partial charge is 0.356 e. The van der Waals surface area contributed by atoms with Gasteiger partial charge in [0.25, 0.3) is 0 Å². The Bertz CT molecular complexity index is 130. The molecule has 0 bridgehead atoms. The molecule has 0 aliphatic rings. The fraction of sp³-hybridized carbons (Fsp3) is 0.875. The van der Waals surface area contributed by atoms with E-state index in [1.165, 1.54) is 0 Å². The third kappa shape index (κ3) is 6.49. The van der Waals surface area contributed by atoms with Gasteiger partial charge in [-0.25, -0.2) is 0 Å². The normalized spacial score (nSPS) is 12.6. The van der Waals surface area contributed by atoms with Crippen LogP contribution in [-0.2, 0) is 4.79 Å². The Morgan fingerprint density at radius 1 is 1.67 bits per heavy atom. The highest BCUT2D eigenvalue weighted by molar-refractivity contribution is 7.98. The third-order valence-electron chi connectivity index (χ3n) is 1.47. The van der Waals surface area contributed by atoms with Crippen LogP contribution in [0.4, 0.5) is 0 Å². The van der Waals surface area contributed by atoms with Crippen molar-refractivity contribution < 1.29 is 4.79 Å². The van der Waals surface area contributed by atoms with Gasteiger partial charge in [-0.05, 0) is 17.9 Å². The molecule has 0 spiro atoms. The molecule has 0 aliphatic heterocycles. The first-order chi connectivity index (χ1) is 5.70. The minimum absolute atomic E-state index is 0.0606. The fourth-order valence-electron chi connectivity index (χ4n) is 0.851. The van der Waals surface area contributed by atoms with E-state index in [2.05, 4.69) is 18.5 Å². The summed E-state index contributed by atoms with van der Waals surface area (Å²) in [4.78, 5) is 11.0. The average Bonchev–Trinajstić information content (AvgIpc) is 2.02. The predicted octanol–water partition coefficient (Wildman–Crippen LogP) is 0.451. The second-order valence-electron chi connectivity index (χ2n) is 2.90. The first kappa shape index (κ1) is 11.8. The summed E-state index contributed by atoms with van der Waals surface area (Å²) >= 11 is 1.80. The van der Waals surface area contributed by atoms with E-state index >= 15 is 0 Å². The molecule has 0 saturated heterocycles. The van der Waals surface area contributed by atoms with Crippen molar-refractivity contribution in [3.63, 3.8) is 0 Å². The van der Waals surface area contributed by atoms with Crippen LogP contribution in [0.2, 0.25) is 0 Å². The van der Waals surface area contributed by atoms with Gasteiger partial charge in [-0.15, -0.1) is 0 Å². The van der Waals surface area contributed by atoms with Crippen LogP contribution in [0, 0.1) is 5.92 Å². The van der Waals surface area contributed by atoms with E-state index in [0.717, 1.165) is 12.3 Å². The zero-order valence-electron chi connectivity index (χ0n) is 7.80. The highest BCUT2D eigenvalue weighted by atomic mass is 32.2. The lowest BCUT2D eigenvalue weighted by atomic mass is 10.2. The van der Waals surface area contributed by atoms with Crippen LogP contribution in [-0.4, -0.2) is 31.0 Å². The number of carbonyl (C=O) groups excluding carboxylic acids is 1. The van der Waals surface area contributed by atoms with E-state index in [4.69, 9.17) is 5.73 Å². The fourth-order valence-corrected chi connectivity index (χ4v) is 1.54. The summed E-state index contributed by atoms with van der Waals surface area (Å²) in [6.45, 7) is 3.32. The molecule has 12 heavy (non-hydrogen) atoms. The van der Waals surface area contributed by atoms with Crippen molar-refractivity contribution in [2.45, 2.75) is 13.3 Å². The van der Waals surface area contributed by atoms with E-state index in [0.29, 0.717) is 18.9 Å². The monoisotopic (exact) mass is 190 g/mol. The first-order valence-electron chi connectivity index (χ1n) is 4.16. The molecule has 0 radical (unpaired) electrons. The maximum absolute atomic E-state index is 11.0. The van der Waals surface area contributed by atoms with E-state index in [9.17, 15) is 4.79 Å². The summed E-state index contributed by atoms with van der Waals surface area (Å²) < 4.78 is 0. The third-order valence-corrected chi connectivity index (χ3v) is 2.37. The van der Waals surface area contributed by atoms with Crippen molar-refractivity contribution in [3.05, 3.63) is 0 Å².